The fourth-order valence-electron chi connectivity index (χ4n) is 3.30. The number of carbonyl (C=O) groups is 1. The Hall–Kier alpha value is -2.96. The second-order valence-electron chi connectivity index (χ2n) is 6.30. The molecule has 0 spiro atoms. The van der Waals surface area contributed by atoms with Gasteiger partial charge < -0.3 is 14.5 Å². The van der Waals surface area contributed by atoms with Gasteiger partial charge in [0, 0.05) is 31.4 Å². The molecule has 1 fully saturated rings. The van der Waals surface area contributed by atoms with Crippen LogP contribution in [0, 0.1) is 5.82 Å². The van der Waals surface area contributed by atoms with Crippen LogP contribution >= 0.6 is 0 Å². The molecular formula is C18H17FN4O2. The lowest BCUT2D eigenvalue weighted by atomic mass is 10.2. The molecule has 1 aliphatic rings. The zero-order valence-corrected chi connectivity index (χ0v) is 13.7. The van der Waals surface area contributed by atoms with Crippen molar-refractivity contribution in [2.45, 2.75) is 18.9 Å². The average molecular weight is 340 g/mol. The molecule has 1 saturated heterocycles. The van der Waals surface area contributed by atoms with Crippen molar-refractivity contribution >= 4 is 16.9 Å². The maximum Gasteiger partial charge on any atom is 0.254 e. The number of nitrogens with one attached hydrogen (secondary N) is 1. The molecular weight excluding hydrogens is 323 g/mol. The topological polar surface area (TPSA) is 71.0 Å². The molecule has 128 valence electrons. The Morgan fingerprint density at radius 3 is 2.96 bits per heavy atom. The highest BCUT2D eigenvalue weighted by Gasteiger charge is 2.32. The zero-order valence-electron chi connectivity index (χ0n) is 13.7. The van der Waals surface area contributed by atoms with Gasteiger partial charge in [-0.05, 0) is 37.1 Å². The van der Waals surface area contributed by atoms with Gasteiger partial charge in [-0.25, -0.2) is 9.37 Å². The Kier molecular flexibility index (Phi) is 3.63. The van der Waals surface area contributed by atoms with E-state index >= 15 is 0 Å². The fourth-order valence-corrected chi connectivity index (χ4v) is 3.30. The number of rotatable bonds is 2. The van der Waals surface area contributed by atoms with Gasteiger partial charge in [-0.2, -0.15) is 0 Å². The molecule has 1 N–H and O–H groups in total. The summed E-state index contributed by atoms with van der Waals surface area (Å²) in [5.41, 5.74) is 1.44. The molecule has 25 heavy (non-hydrogen) atoms. The van der Waals surface area contributed by atoms with Gasteiger partial charge in [0.15, 0.2) is 0 Å². The number of hydrogen-bond donors (Lipinski definition) is 1. The van der Waals surface area contributed by atoms with Gasteiger partial charge in [-0.3, -0.25) is 9.59 Å². The summed E-state index contributed by atoms with van der Waals surface area (Å²) in [7, 11) is 1.64. The Labute approximate surface area is 142 Å². The molecule has 1 aliphatic heterocycles. The van der Waals surface area contributed by atoms with Crippen LogP contribution in [0.4, 0.5) is 4.39 Å². The monoisotopic (exact) mass is 340 g/mol. The van der Waals surface area contributed by atoms with Gasteiger partial charge in [0.05, 0.1) is 17.1 Å². The Bertz CT molecular complexity index is 1020. The van der Waals surface area contributed by atoms with E-state index in [9.17, 15) is 14.0 Å². The summed E-state index contributed by atoms with van der Waals surface area (Å²) in [5.74, 6) is 0.129. The smallest absolute Gasteiger partial charge is 0.254 e. The first-order valence-corrected chi connectivity index (χ1v) is 8.16. The van der Waals surface area contributed by atoms with Crippen LogP contribution in [0.5, 0.6) is 0 Å². The van der Waals surface area contributed by atoms with Crippen molar-refractivity contribution in [3.63, 3.8) is 0 Å². The summed E-state index contributed by atoms with van der Waals surface area (Å²) in [6.45, 7) is 0.601. The molecule has 7 heteroatoms. The molecule has 3 heterocycles. The molecule has 0 bridgehead atoms. The number of imidazole rings is 1. The molecule has 0 aliphatic carbocycles. The number of pyridine rings is 1. The summed E-state index contributed by atoms with van der Waals surface area (Å²) in [6, 6.07) is 7.18. The minimum absolute atomic E-state index is 0.188. The van der Waals surface area contributed by atoms with Crippen LogP contribution in [-0.4, -0.2) is 31.9 Å². The number of aromatic amines is 1. The van der Waals surface area contributed by atoms with Crippen molar-refractivity contribution in [3.05, 3.63) is 64.1 Å². The van der Waals surface area contributed by atoms with Crippen LogP contribution in [0.15, 0.2) is 41.3 Å². The van der Waals surface area contributed by atoms with E-state index in [1.54, 1.807) is 30.3 Å². The molecule has 0 saturated carbocycles. The SMILES string of the molecule is Cn1ccc(C(=O)N2CCC[C@H]2c2nc3ccc(F)cc3[nH]2)cc1=O. The number of fused-ring (bicyclic) bond motifs is 1. The molecule has 0 radical (unpaired) electrons. The van der Waals surface area contributed by atoms with E-state index in [0.29, 0.717) is 29.0 Å². The number of hydrogen-bond acceptors (Lipinski definition) is 3. The lowest BCUT2D eigenvalue weighted by Gasteiger charge is -2.23. The fraction of sp³-hybridized carbons (Fsp3) is 0.278. The van der Waals surface area contributed by atoms with Gasteiger partial charge in [0.25, 0.3) is 11.5 Å². The molecule has 2 aromatic heterocycles. The first-order valence-electron chi connectivity index (χ1n) is 8.16. The largest absolute Gasteiger partial charge is 0.340 e. The van der Waals surface area contributed by atoms with Crippen molar-refractivity contribution in [1.82, 2.24) is 19.4 Å². The maximum atomic E-state index is 13.4. The summed E-state index contributed by atoms with van der Waals surface area (Å²) in [4.78, 5) is 34.0. The molecule has 4 rings (SSSR count). The van der Waals surface area contributed by atoms with Gasteiger partial charge in [0.1, 0.15) is 11.6 Å². The van der Waals surface area contributed by atoms with Gasteiger partial charge >= 0.3 is 0 Å². The van der Waals surface area contributed by atoms with Crippen molar-refractivity contribution in [2.75, 3.05) is 6.54 Å². The minimum Gasteiger partial charge on any atom is -0.340 e. The van der Waals surface area contributed by atoms with Gasteiger partial charge in [0.2, 0.25) is 0 Å². The lowest BCUT2D eigenvalue weighted by Crippen LogP contribution is -2.32. The number of amides is 1. The third-order valence-electron chi connectivity index (χ3n) is 4.64. The van der Waals surface area contributed by atoms with Gasteiger partial charge in [-0.1, -0.05) is 0 Å². The average Bonchev–Trinajstić information content (AvgIpc) is 3.22. The Balaban J connectivity index is 1.68. The molecule has 1 amide bonds. The van der Waals surface area contributed by atoms with Gasteiger partial charge in [-0.15, -0.1) is 0 Å². The van der Waals surface area contributed by atoms with Crippen LogP contribution < -0.4 is 5.56 Å². The Morgan fingerprint density at radius 1 is 1.32 bits per heavy atom. The predicted molar refractivity (Wildman–Crippen MR) is 90.7 cm³/mol. The van der Waals surface area contributed by atoms with E-state index in [2.05, 4.69) is 9.97 Å². The maximum absolute atomic E-state index is 13.4. The number of aryl methyl sites for hydroxylation is 1. The van der Waals surface area contributed by atoms with E-state index in [1.165, 1.54) is 22.8 Å². The predicted octanol–water partition coefficient (Wildman–Crippen LogP) is 2.38. The van der Waals surface area contributed by atoms with E-state index in [-0.39, 0.29) is 23.3 Å². The first-order chi connectivity index (χ1) is 12.0. The number of halogens is 1. The third kappa shape index (κ3) is 2.71. The number of aromatic nitrogens is 3. The summed E-state index contributed by atoms with van der Waals surface area (Å²) in [6.07, 6.45) is 3.22. The second kappa shape index (κ2) is 5.84. The van der Waals surface area contributed by atoms with Crippen molar-refractivity contribution in [2.24, 2.45) is 7.05 Å². The highest BCUT2D eigenvalue weighted by Crippen LogP contribution is 2.32. The van der Waals surface area contributed by atoms with Crippen molar-refractivity contribution in [3.8, 4) is 0 Å². The Morgan fingerprint density at radius 2 is 2.16 bits per heavy atom. The van der Waals surface area contributed by atoms with Crippen LogP contribution in [0.1, 0.15) is 35.1 Å². The highest BCUT2D eigenvalue weighted by atomic mass is 19.1. The number of carbonyl (C=O) groups excluding carboxylic acids is 1. The quantitative estimate of drug-likeness (QED) is 0.778. The summed E-state index contributed by atoms with van der Waals surface area (Å²) >= 11 is 0. The molecule has 1 aromatic carbocycles. The third-order valence-corrected chi connectivity index (χ3v) is 4.64. The standard InChI is InChI=1S/C18H17FN4O2/c1-22-8-6-11(9-16(22)24)18(25)23-7-2-3-15(23)17-20-13-5-4-12(19)10-14(13)21-17/h4-6,8-10,15H,2-3,7H2,1H3,(H,20,21)/t15-/m0/s1. The van der Waals surface area contributed by atoms with Crippen LogP contribution in [0.2, 0.25) is 0 Å². The lowest BCUT2D eigenvalue weighted by molar-refractivity contribution is 0.0730. The van der Waals surface area contributed by atoms with E-state index in [1.807, 2.05) is 0 Å². The molecule has 0 unspecified atom stereocenters. The summed E-state index contributed by atoms with van der Waals surface area (Å²) in [5, 5.41) is 0. The number of likely N-dealkylation sites (tertiary alicyclic amines) is 1. The minimum atomic E-state index is -0.331. The first kappa shape index (κ1) is 15.6. The molecule has 6 nitrogen and oxygen atoms in total. The van der Waals surface area contributed by atoms with Crippen molar-refractivity contribution < 1.29 is 9.18 Å². The highest BCUT2D eigenvalue weighted by molar-refractivity contribution is 5.94. The molecule has 1 atom stereocenters. The number of nitrogens with zero attached hydrogens (tertiary/aromatic N) is 3. The van der Waals surface area contributed by atoms with E-state index in [4.69, 9.17) is 0 Å². The summed E-state index contributed by atoms with van der Waals surface area (Å²) < 4.78 is 14.8. The zero-order chi connectivity index (χ0) is 17.6. The number of H-pyrrole nitrogens is 1. The normalized spacial score (nSPS) is 17.4. The van der Waals surface area contributed by atoms with E-state index < -0.39 is 0 Å². The van der Waals surface area contributed by atoms with Crippen molar-refractivity contribution in [1.29, 1.82) is 0 Å². The second-order valence-corrected chi connectivity index (χ2v) is 6.30. The molecule has 3 aromatic rings. The van der Waals surface area contributed by atoms with E-state index in [0.717, 1.165) is 12.8 Å². The van der Waals surface area contributed by atoms with Crippen LogP contribution in [-0.2, 0) is 7.05 Å². The van der Waals surface area contributed by atoms with Crippen LogP contribution in [0.25, 0.3) is 11.0 Å². The number of benzene rings is 1. The van der Waals surface area contributed by atoms with Crippen LogP contribution in [0.3, 0.4) is 0 Å².